The molecule has 0 unspecified atom stereocenters. The summed E-state index contributed by atoms with van der Waals surface area (Å²) >= 11 is 1.33. The number of carbonyl (C=O) groups excluding carboxylic acids is 2. The highest BCUT2D eigenvalue weighted by atomic mass is 32.2. The van der Waals surface area contributed by atoms with E-state index >= 15 is 0 Å². The normalized spacial score (nSPS) is 13.9. The molecule has 162 valence electrons. The molecule has 0 atom stereocenters. The van der Waals surface area contributed by atoms with Gasteiger partial charge in [0.2, 0.25) is 11.8 Å². The topological polar surface area (TPSA) is 93.3 Å². The van der Waals surface area contributed by atoms with E-state index in [1.807, 2.05) is 41.0 Å². The molecule has 1 N–H and O–H groups in total. The molecule has 4 rings (SSSR count). The van der Waals surface area contributed by atoms with Crippen molar-refractivity contribution in [3.05, 3.63) is 42.7 Å². The number of carbonyl (C=O) groups is 2. The standard InChI is InChI=1S/C22H25N5O3S/c1-15(2)13-27-21(18-9-6-12-30-18)24-25-22(27)31-14-19(28)23-16-7-3-4-8-17(16)26-11-5-10-20(26)29/h3-4,6-9,12,15H,5,10-11,13-14H2,1-2H3,(H,23,28). The lowest BCUT2D eigenvalue weighted by Crippen LogP contribution is -2.26. The Labute approximate surface area is 185 Å². The molecule has 8 nitrogen and oxygen atoms in total. The van der Waals surface area contributed by atoms with Crippen molar-refractivity contribution < 1.29 is 14.0 Å². The lowest BCUT2D eigenvalue weighted by atomic mass is 10.2. The summed E-state index contributed by atoms with van der Waals surface area (Å²) in [5.74, 6) is 1.78. The number of hydrogen-bond acceptors (Lipinski definition) is 6. The van der Waals surface area contributed by atoms with Gasteiger partial charge in [0.05, 0.1) is 23.4 Å². The highest BCUT2D eigenvalue weighted by Gasteiger charge is 2.24. The number of nitrogens with one attached hydrogen (secondary N) is 1. The second-order valence-corrected chi connectivity index (χ2v) is 8.73. The number of thioether (sulfide) groups is 1. The molecular formula is C22H25N5O3S. The molecular weight excluding hydrogens is 414 g/mol. The Morgan fingerprint density at radius 3 is 2.77 bits per heavy atom. The molecule has 1 aliphatic rings. The Hall–Kier alpha value is -3.07. The largest absolute Gasteiger partial charge is 0.461 e. The number of para-hydroxylation sites is 2. The molecule has 2 amide bonds. The van der Waals surface area contributed by atoms with Gasteiger partial charge in [-0.2, -0.15) is 0 Å². The first-order valence-corrected chi connectivity index (χ1v) is 11.3. The van der Waals surface area contributed by atoms with Gasteiger partial charge in [-0.1, -0.05) is 37.7 Å². The third kappa shape index (κ3) is 4.82. The Morgan fingerprint density at radius 1 is 1.23 bits per heavy atom. The summed E-state index contributed by atoms with van der Waals surface area (Å²) in [7, 11) is 0. The monoisotopic (exact) mass is 439 g/mol. The number of aromatic nitrogens is 3. The summed E-state index contributed by atoms with van der Waals surface area (Å²) in [5.41, 5.74) is 1.38. The minimum atomic E-state index is -0.164. The van der Waals surface area contributed by atoms with E-state index in [-0.39, 0.29) is 17.6 Å². The van der Waals surface area contributed by atoms with Crippen molar-refractivity contribution in [2.45, 2.75) is 38.4 Å². The minimum absolute atomic E-state index is 0.0864. The van der Waals surface area contributed by atoms with Crippen molar-refractivity contribution in [2.24, 2.45) is 5.92 Å². The van der Waals surface area contributed by atoms with Crippen LogP contribution >= 0.6 is 11.8 Å². The third-order valence-electron chi connectivity index (χ3n) is 4.88. The van der Waals surface area contributed by atoms with E-state index in [0.29, 0.717) is 47.9 Å². The van der Waals surface area contributed by atoms with E-state index in [1.165, 1.54) is 11.8 Å². The molecule has 1 fully saturated rings. The fourth-order valence-electron chi connectivity index (χ4n) is 3.55. The zero-order chi connectivity index (χ0) is 21.8. The summed E-state index contributed by atoms with van der Waals surface area (Å²) in [6, 6.07) is 11.1. The highest BCUT2D eigenvalue weighted by Crippen LogP contribution is 2.30. The number of furan rings is 1. The number of nitrogens with zero attached hydrogens (tertiary/aromatic N) is 4. The summed E-state index contributed by atoms with van der Waals surface area (Å²) in [4.78, 5) is 26.6. The van der Waals surface area contributed by atoms with Crippen LogP contribution in [0.3, 0.4) is 0 Å². The van der Waals surface area contributed by atoms with Crippen molar-refractivity contribution >= 4 is 35.0 Å². The van der Waals surface area contributed by atoms with Crippen LogP contribution in [0.25, 0.3) is 11.6 Å². The van der Waals surface area contributed by atoms with Crippen molar-refractivity contribution in [3.63, 3.8) is 0 Å². The third-order valence-corrected chi connectivity index (χ3v) is 5.85. The van der Waals surface area contributed by atoms with Crippen LogP contribution in [0.2, 0.25) is 0 Å². The van der Waals surface area contributed by atoms with Gasteiger partial charge < -0.3 is 14.6 Å². The fraction of sp³-hybridized carbons (Fsp3) is 0.364. The summed E-state index contributed by atoms with van der Waals surface area (Å²) in [6.45, 7) is 5.62. The van der Waals surface area contributed by atoms with Crippen LogP contribution in [0.4, 0.5) is 11.4 Å². The van der Waals surface area contributed by atoms with E-state index in [0.717, 1.165) is 12.1 Å². The predicted molar refractivity (Wildman–Crippen MR) is 120 cm³/mol. The Balaban J connectivity index is 1.46. The molecule has 0 saturated carbocycles. The second kappa shape index (κ2) is 9.38. The van der Waals surface area contributed by atoms with Gasteiger partial charge >= 0.3 is 0 Å². The van der Waals surface area contributed by atoms with Gasteiger partial charge in [0.1, 0.15) is 0 Å². The van der Waals surface area contributed by atoms with E-state index in [1.54, 1.807) is 11.2 Å². The van der Waals surface area contributed by atoms with Crippen LogP contribution in [0, 0.1) is 5.92 Å². The van der Waals surface area contributed by atoms with Gasteiger partial charge in [0.15, 0.2) is 16.7 Å². The van der Waals surface area contributed by atoms with Crippen LogP contribution in [0.1, 0.15) is 26.7 Å². The summed E-state index contributed by atoms with van der Waals surface area (Å²) < 4.78 is 7.47. The lowest BCUT2D eigenvalue weighted by Gasteiger charge is -2.20. The number of hydrogen-bond donors (Lipinski definition) is 1. The second-order valence-electron chi connectivity index (χ2n) is 7.79. The zero-order valence-electron chi connectivity index (χ0n) is 17.6. The van der Waals surface area contributed by atoms with Crippen molar-refractivity contribution in [2.75, 3.05) is 22.5 Å². The Bertz CT molecular complexity index is 1060. The maximum absolute atomic E-state index is 12.7. The van der Waals surface area contributed by atoms with Gasteiger partial charge in [-0.3, -0.25) is 14.2 Å². The fourth-order valence-corrected chi connectivity index (χ4v) is 4.29. The zero-order valence-corrected chi connectivity index (χ0v) is 18.4. The van der Waals surface area contributed by atoms with Crippen LogP contribution in [-0.4, -0.2) is 38.9 Å². The molecule has 31 heavy (non-hydrogen) atoms. The average Bonchev–Trinajstić information content (AvgIpc) is 3.48. The van der Waals surface area contributed by atoms with Crippen LogP contribution in [0.5, 0.6) is 0 Å². The quantitative estimate of drug-likeness (QED) is 0.532. The molecule has 0 radical (unpaired) electrons. The SMILES string of the molecule is CC(C)Cn1c(SCC(=O)Nc2ccccc2N2CCCC2=O)nnc1-c1ccco1. The first-order chi connectivity index (χ1) is 15.0. The van der Waals surface area contributed by atoms with Gasteiger partial charge in [-0.15, -0.1) is 10.2 Å². The van der Waals surface area contributed by atoms with Gasteiger partial charge in [0, 0.05) is 19.5 Å². The molecule has 3 aromatic rings. The highest BCUT2D eigenvalue weighted by molar-refractivity contribution is 7.99. The maximum Gasteiger partial charge on any atom is 0.234 e. The van der Waals surface area contributed by atoms with Crippen LogP contribution < -0.4 is 10.2 Å². The number of benzene rings is 1. The number of rotatable bonds is 8. The molecule has 0 spiro atoms. The molecule has 0 bridgehead atoms. The van der Waals surface area contributed by atoms with Gasteiger partial charge in [-0.25, -0.2) is 0 Å². The first kappa shape index (κ1) is 21.2. The molecule has 1 aromatic carbocycles. The molecule has 3 heterocycles. The predicted octanol–water partition coefficient (Wildman–Crippen LogP) is 4.05. The molecule has 1 saturated heterocycles. The molecule has 2 aromatic heterocycles. The van der Waals surface area contributed by atoms with Crippen molar-refractivity contribution in [3.8, 4) is 11.6 Å². The smallest absolute Gasteiger partial charge is 0.234 e. The average molecular weight is 440 g/mol. The van der Waals surface area contributed by atoms with Gasteiger partial charge in [0.25, 0.3) is 0 Å². The first-order valence-electron chi connectivity index (χ1n) is 10.3. The Kier molecular flexibility index (Phi) is 6.41. The maximum atomic E-state index is 12.7. The minimum Gasteiger partial charge on any atom is -0.461 e. The molecule has 9 heteroatoms. The van der Waals surface area contributed by atoms with Crippen LogP contribution in [-0.2, 0) is 16.1 Å². The molecule has 0 aliphatic carbocycles. The number of anilines is 2. The van der Waals surface area contributed by atoms with Crippen molar-refractivity contribution in [1.82, 2.24) is 14.8 Å². The van der Waals surface area contributed by atoms with E-state index < -0.39 is 0 Å². The van der Waals surface area contributed by atoms with Gasteiger partial charge in [-0.05, 0) is 36.6 Å². The summed E-state index contributed by atoms with van der Waals surface area (Å²) in [5, 5.41) is 12.2. The van der Waals surface area contributed by atoms with E-state index in [2.05, 4.69) is 29.4 Å². The van der Waals surface area contributed by atoms with Crippen molar-refractivity contribution in [1.29, 1.82) is 0 Å². The van der Waals surface area contributed by atoms with E-state index in [4.69, 9.17) is 4.42 Å². The number of amides is 2. The van der Waals surface area contributed by atoms with E-state index in [9.17, 15) is 9.59 Å². The molecule has 1 aliphatic heterocycles. The Morgan fingerprint density at radius 2 is 2.06 bits per heavy atom. The summed E-state index contributed by atoms with van der Waals surface area (Å²) in [6.07, 6.45) is 2.98. The van der Waals surface area contributed by atoms with Crippen LogP contribution in [0.15, 0.2) is 52.2 Å². The lowest BCUT2D eigenvalue weighted by molar-refractivity contribution is -0.117.